The zero-order chi connectivity index (χ0) is 19.0. The highest BCUT2D eigenvalue weighted by molar-refractivity contribution is 6.30. The largest absolute Gasteiger partial charge is 0.349 e. The maximum Gasteiger partial charge on any atom is 0.136 e. The molecule has 0 radical (unpaired) electrons. The topological polar surface area (TPSA) is 29.0 Å². The first kappa shape index (κ1) is 18.0. The monoisotopic (exact) mass is 377 g/mol. The molecule has 2 aromatic carbocycles. The fraction of sp³-hybridized carbons (Fsp3) is 0.304. The molecule has 1 aliphatic rings. The van der Waals surface area contributed by atoms with Gasteiger partial charge in [-0.15, -0.1) is 0 Å². The van der Waals surface area contributed by atoms with Gasteiger partial charge in [0.2, 0.25) is 0 Å². The lowest BCUT2D eigenvalue weighted by molar-refractivity contribution is 0.612. The normalized spacial score (nSPS) is 16.3. The van der Waals surface area contributed by atoms with Crippen molar-refractivity contribution in [2.45, 2.75) is 39.7 Å². The molecule has 0 amide bonds. The van der Waals surface area contributed by atoms with Gasteiger partial charge in [-0.1, -0.05) is 48.0 Å². The van der Waals surface area contributed by atoms with E-state index in [9.17, 15) is 0 Å². The molecule has 3 nitrogen and oxygen atoms in total. The Labute approximate surface area is 166 Å². The number of nitrogens with zero attached hydrogens (tertiary/aromatic N) is 3. The number of aryl methyl sites for hydroxylation is 1. The number of anilines is 1. The Morgan fingerprint density at radius 1 is 1.04 bits per heavy atom. The van der Waals surface area contributed by atoms with Gasteiger partial charge >= 0.3 is 0 Å². The molecular formula is C23H24ClN3. The van der Waals surface area contributed by atoms with Crippen LogP contribution in [0.4, 0.5) is 5.82 Å². The van der Waals surface area contributed by atoms with Crippen LogP contribution in [0, 0.1) is 13.8 Å². The first-order valence-corrected chi connectivity index (χ1v) is 9.83. The van der Waals surface area contributed by atoms with Gasteiger partial charge in [0, 0.05) is 29.2 Å². The van der Waals surface area contributed by atoms with Crippen molar-refractivity contribution < 1.29 is 0 Å². The summed E-state index contributed by atoms with van der Waals surface area (Å²) in [5.41, 5.74) is 6.24. The summed E-state index contributed by atoms with van der Waals surface area (Å²) in [6, 6.07) is 17.0. The molecule has 4 heteroatoms. The van der Waals surface area contributed by atoms with Crippen molar-refractivity contribution in [2.24, 2.45) is 0 Å². The summed E-state index contributed by atoms with van der Waals surface area (Å²) >= 11 is 6.01. The molecule has 2 heterocycles. The van der Waals surface area contributed by atoms with Crippen LogP contribution in [0.15, 0.2) is 48.5 Å². The molecule has 0 spiro atoms. The van der Waals surface area contributed by atoms with Crippen LogP contribution >= 0.6 is 11.6 Å². The van der Waals surface area contributed by atoms with E-state index in [2.05, 4.69) is 49.9 Å². The minimum atomic E-state index is 0.311. The number of halogens is 1. The molecule has 0 aliphatic carbocycles. The summed E-state index contributed by atoms with van der Waals surface area (Å²) in [4.78, 5) is 12.2. The van der Waals surface area contributed by atoms with Crippen molar-refractivity contribution in [2.75, 3.05) is 11.4 Å². The molecule has 4 rings (SSSR count). The van der Waals surface area contributed by atoms with Crippen molar-refractivity contribution in [3.05, 3.63) is 87.3 Å². The van der Waals surface area contributed by atoms with E-state index in [0.717, 1.165) is 35.3 Å². The van der Waals surface area contributed by atoms with Crippen LogP contribution in [-0.4, -0.2) is 16.5 Å². The predicted molar refractivity (Wildman–Crippen MR) is 112 cm³/mol. The van der Waals surface area contributed by atoms with E-state index in [1.807, 2.05) is 24.3 Å². The molecule has 27 heavy (non-hydrogen) atoms. The summed E-state index contributed by atoms with van der Waals surface area (Å²) in [5, 5.41) is 0.751. The standard InChI is InChI=1S/C23H24ClN3/c1-15-16(2)25-22(14-18-8-10-20(24)11-9-18)26-23(15)27-13-12-19-6-4-5-7-21(19)17(27)3/h4-11,17H,12-14H2,1-3H3/t17-/m0/s1. The molecular weight excluding hydrogens is 354 g/mol. The molecule has 0 saturated heterocycles. The molecule has 0 unspecified atom stereocenters. The molecule has 0 fully saturated rings. The van der Waals surface area contributed by atoms with E-state index in [0.29, 0.717) is 12.5 Å². The average molecular weight is 378 g/mol. The van der Waals surface area contributed by atoms with Crippen LogP contribution < -0.4 is 4.90 Å². The molecule has 3 aromatic rings. The Bertz CT molecular complexity index is 966. The van der Waals surface area contributed by atoms with Crippen molar-refractivity contribution >= 4 is 17.4 Å². The minimum absolute atomic E-state index is 0.311. The minimum Gasteiger partial charge on any atom is -0.349 e. The summed E-state index contributed by atoms with van der Waals surface area (Å²) in [7, 11) is 0. The maximum absolute atomic E-state index is 6.01. The van der Waals surface area contributed by atoms with Crippen LogP contribution in [0.2, 0.25) is 5.02 Å². The average Bonchev–Trinajstić information content (AvgIpc) is 2.67. The van der Waals surface area contributed by atoms with E-state index < -0.39 is 0 Å². The van der Waals surface area contributed by atoms with Gasteiger partial charge in [0.1, 0.15) is 11.6 Å². The van der Waals surface area contributed by atoms with Crippen molar-refractivity contribution in [1.82, 2.24) is 9.97 Å². The van der Waals surface area contributed by atoms with E-state index in [-0.39, 0.29) is 0 Å². The lowest BCUT2D eigenvalue weighted by Gasteiger charge is -2.37. The lowest BCUT2D eigenvalue weighted by atomic mass is 9.93. The van der Waals surface area contributed by atoms with Crippen molar-refractivity contribution in [3.8, 4) is 0 Å². The van der Waals surface area contributed by atoms with Crippen LogP contribution in [-0.2, 0) is 12.8 Å². The second-order valence-electron chi connectivity index (χ2n) is 7.30. The molecule has 1 atom stereocenters. The van der Waals surface area contributed by atoms with Gasteiger partial charge in [0.15, 0.2) is 0 Å². The van der Waals surface area contributed by atoms with Crippen LogP contribution in [0.25, 0.3) is 0 Å². The second-order valence-corrected chi connectivity index (χ2v) is 7.73. The fourth-order valence-corrected chi connectivity index (χ4v) is 4.00. The Hall–Kier alpha value is -2.39. The summed E-state index contributed by atoms with van der Waals surface area (Å²) < 4.78 is 0. The Morgan fingerprint density at radius 2 is 1.78 bits per heavy atom. The van der Waals surface area contributed by atoms with E-state index in [4.69, 9.17) is 21.6 Å². The summed E-state index contributed by atoms with van der Waals surface area (Å²) in [6.07, 6.45) is 1.76. The predicted octanol–water partition coefficient (Wildman–Crippen LogP) is 5.46. The van der Waals surface area contributed by atoms with Crippen molar-refractivity contribution in [3.63, 3.8) is 0 Å². The van der Waals surface area contributed by atoms with E-state index in [1.165, 1.54) is 22.3 Å². The molecule has 0 saturated carbocycles. The third-order valence-corrected chi connectivity index (χ3v) is 5.80. The number of aromatic nitrogens is 2. The smallest absolute Gasteiger partial charge is 0.136 e. The van der Waals surface area contributed by atoms with Gasteiger partial charge in [-0.05, 0) is 56.0 Å². The summed E-state index contributed by atoms with van der Waals surface area (Å²) in [5.74, 6) is 1.93. The van der Waals surface area contributed by atoms with Gasteiger partial charge in [0.25, 0.3) is 0 Å². The van der Waals surface area contributed by atoms with Gasteiger partial charge < -0.3 is 4.90 Å². The zero-order valence-electron chi connectivity index (χ0n) is 16.0. The molecule has 1 aliphatic heterocycles. The van der Waals surface area contributed by atoms with Gasteiger partial charge in [-0.3, -0.25) is 0 Å². The number of fused-ring (bicyclic) bond motifs is 1. The van der Waals surface area contributed by atoms with Crippen LogP contribution in [0.1, 0.15) is 46.7 Å². The molecule has 0 N–H and O–H groups in total. The lowest BCUT2D eigenvalue weighted by Crippen LogP contribution is -2.35. The van der Waals surface area contributed by atoms with Crippen LogP contribution in [0.5, 0.6) is 0 Å². The number of benzene rings is 2. The Kier molecular flexibility index (Phi) is 4.88. The quantitative estimate of drug-likeness (QED) is 0.606. The Balaban J connectivity index is 1.68. The van der Waals surface area contributed by atoms with E-state index >= 15 is 0 Å². The third kappa shape index (κ3) is 3.57. The third-order valence-electron chi connectivity index (χ3n) is 5.55. The van der Waals surface area contributed by atoms with Crippen LogP contribution in [0.3, 0.4) is 0 Å². The number of hydrogen-bond donors (Lipinski definition) is 0. The highest BCUT2D eigenvalue weighted by Gasteiger charge is 2.26. The van der Waals surface area contributed by atoms with E-state index in [1.54, 1.807) is 0 Å². The maximum atomic E-state index is 6.01. The highest BCUT2D eigenvalue weighted by atomic mass is 35.5. The molecule has 1 aromatic heterocycles. The summed E-state index contributed by atoms with van der Waals surface area (Å²) in [6.45, 7) is 7.46. The highest BCUT2D eigenvalue weighted by Crippen LogP contribution is 2.34. The van der Waals surface area contributed by atoms with Gasteiger partial charge in [0.05, 0.1) is 6.04 Å². The first-order valence-electron chi connectivity index (χ1n) is 9.46. The fourth-order valence-electron chi connectivity index (χ4n) is 3.88. The SMILES string of the molecule is Cc1nc(Cc2ccc(Cl)cc2)nc(N2CCc3ccccc3[C@@H]2C)c1C. The molecule has 138 valence electrons. The first-order chi connectivity index (χ1) is 13.0. The molecule has 0 bridgehead atoms. The number of rotatable bonds is 3. The van der Waals surface area contributed by atoms with Gasteiger partial charge in [-0.25, -0.2) is 9.97 Å². The second kappa shape index (κ2) is 7.32. The number of hydrogen-bond acceptors (Lipinski definition) is 3. The van der Waals surface area contributed by atoms with Gasteiger partial charge in [-0.2, -0.15) is 0 Å². The Morgan fingerprint density at radius 3 is 2.56 bits per heavy atom. The van der Waals surface area contributed by atoms with Crippen molar-refractivity contribution in [1.29, 1.82) is 0 Å². The zero-order valence-corrected chi connectivity index (χ0v) is 16.8.